The molecular formula is C8H8F2OS. The molecule has 0 fully saturated rings. The topological polar surface area (TPSA) is 20.2 Å². The SMILES string of the molecule is OCCSc1ccc(F)c(F)c1. The first-order valence-corrected chi connectivity index (χ1v) is 4.41. The monoisotopic (exact) mass is 190 g/mol. The number of rotatable bonds is 3. The van der Waals surface area contributed by atoms with Crippen molar-refractivity contribution in [2.24, 2.45) is 0 Å². The van der Waals surface area contributed by atoms with Crippen LogP contribution >= 0.6 is 11.8 Å². The van der Waals surface area contributed by atoms with E-state index in [0.29, 0.717) is 10.6 Å². The average molecular weight is 190 g/mol. The fourth-order valence-corrected chi connectivity index (χ4v) is 1.41. The minimum Gasteiger partial charge on any atom is -0.396 e. The Morgan fingerprint density at radius 1 is 1.25 bits per heavy atom. The summed E-state index contributed by atoms with van der Waals surface area (Å²) in [6, 6.07) is 3.68. The van der Waals surface area contributed by atoms with Crippen LogP contribution in [0.4, 0.5) is 8.78 Å². The molecule has 12 heavy (non-hydrogen) atoms. The van der Waals surface area contributed by atoms with Crippen molar-refractivity contribution in [1.82, 2.24) is 0 Å². The van der Waals surface area contributed by atoms with E-state index in [9.17, 15) is 8.78 Å². The van der Waals surface area contributed by atoms with E-state index in [1.165, 1.54) is 17.8 Å². The van der Waals surface area contributed by atoms with Crippen molar-refractivity contribution >= 4 is 11.8 Å². The van der Waals surface area contributed by atoms with Crippen LogP contribution in [0.15, 0.2) is 23.1 Å². The molecule has 0 aliphatic heterocycles. The van der Waals surface area contributed by atoms with E-state index in [1.807, 2.05) is 0 Å². The molecule has 1 aromatic rings. The van der Waals surface area contributed by atoms with Gasteiger partial charge in [-0.3, -0.25) is 0 Å². The summed E-state index contributed by atoms with van der Waals surface area (Å²) < 4.78 is 24.9. The largest absolute Gasteiger partial charge is 0.396 e. The zero-order chi connectivity index (χ0) is 8.97. The molecule has 0 saturated carbocycles. The summed E-state index contributed by atoms with van der Waals surface area (Å²) >= 11 is 1.29. The number of hydrogen-bond acceptors (Lipinski definition) is 2. The maximum Gasteiger partial charge on any atom is 0.159 e. The second-order valence-corrected chi connectivity index (χ2v) is 3.32. The fraction of sp³-hybridized carbons (Fsp3) is 0.250. The van der Waals surface area contributed by atoms with E-state index >= 15 is 0 Å². The fourth-order valence-electron chi connectivity index (χ4n) is 0.730. The van der Waals surface area contributed by atoms with Gasteiger partial charge in [0.1, 0.15) is 0 Å². The van der Waals surface area contributed by atoms with E-state index in [2.05, 4.69) is 0 Å². The zero-order valence-corrected chi connectivity index (χ0v) is 7.07. The van der Waals surface area contributed by atoms with Gasteiger partial charge in [-0.15, -0.1) is 11.8 Å². The first-order valence-electron chi connectivity index (χ1n) is 3.43. The van der Waals surface area contributed by atoms with Crippen LogP contribution in [0, 0.1) is 11.6 Å². The van der Waals surface area contributed by atoms with Gasteiger partial charge in [0, 0.05) is 10.6 Å². The van der Waals surface area contributed by atoms with Gasteiger partial charge in [-0.1, -0.05) is 0 Å². The predicted molar refractivity (Wildman–Crippen MR) is 44.2 cm³/mol. The molecule has 1 rings (SSSR count). The minimum atomic E-state index is -0.849. The Morgan fingerprint density at radius 3 is 2.58 bits per heavy atom. The molecule has 0 saturated heterocycles. The maximum atomic E-state index is 12.6. The summed E-state index contributed by atoms with van der Waals surface area (Å²) in [7, 11) is 0. The van der Waals surface area contributed by atoms with Gasteiger partial charge in [0.05, 0.1) is 6.61 Å². The van der Waals surface area contributed by atoms with Gasteiger partial charge in [-0.2, -0.15) is 0 Å². The van der Waals surface area contributed by atoms with Crippen molar-refractivity contribution in [3.8, 4) is 0 Å². The van der Waals surface area contributed by atoms with Gasteiger partial charge < -0.3 is 5.11 Å². The molecule has 0 aliphatic carbocycles. The highest BCUT2D eigenvalue weighted by molar-refractivity contribution is 7.99. The Labute approximate surface area is 73.4 Å². The molecule has 1 aromatic carbocycles. The molecule has 0 bridgehead atoms. The van der Waals surface area contributed by atoms with Crippen LogP contribution in [-0.4, -0.2) is 17.5 Å². The normalized spacial score (nSPS) is 10.2. The van der Waals surface area contributed by atoms with Crippen LogP contribution < -0.4 is 0 Å². The number of benzene rings is 1. The number of thioether (sulfide) groups is 1. The average Bonchev–Trinajstić information content (AvgIpc) is 2.07. The summed E-state index contributed by atoms with van der Waals surface area (Å²) in [5.41, 5.74) is 0. The summed E-state index contributed by atoms with van der Waals surface area (Å²) in [6.45, 7) is 0.0314. The molecule has 1 nitrogen and oxygen atoms in total. The smallest absolute Gasteiger partial charge is 0.159 e. The van der Waals surface area contributed by atoms with Crippen molar-refractivity contribution in [2.45, 2.75) is 4.90 Å². The van der Waals surface area contributed by atoms with Gasteiger partial charge in [0.2, 0.25) is 0 Å². The number of halogens is 2. The van der Waals surface area contributed by atoms with Gasteiger partial charge in [-0.05, 0) is 18.2 Å². The first kappa shape index (κ1) is 9.48. The third-order valence-corrected chi connectivity index (χ3v) is 2.23. The van der Waals surface area contributed by atoms with Crippen LogP contribution in [0.1, 0.15) is 0 Å². The molecule has 0 heterocycles. The lowest BCUT2D eigenvalue weighted by Gasteiger charge is -1.99. The van der Waals surface area contributed by atoms with Crippen molar-refractivity contribution in [3.63, 3.8) is 0 Å². The van der Waals surface area contributed by atoms with Crippen LogP contribution in [0.25, 0.3) is 0 Å². The molecule has 4 heteroatoms. The highest BCUT2D eigenvalue weighted by Crippen LogP contribution is 2.19. The molecule has 66 valence electrons. The molecule has 0 radical (unpaired) electrons. The van der Waals surface area contributed by atoms with Crippen molar-refractivity contribution in [2.75, 3.05) is 12.4 Å². The van der Waals surface area contributed by atoms with E-state index < -0.39 is 11.6 Å². The Bertz CT molecular complexity index is 265. The standard InChI is InChI=1S/C8H8F2OS/c9-7-2-1-6(5-8(7)10)12-4-3-11/h1-2,5,11H,3-4H2. The highest BCUT2D eigenvalue weighted by atomic mass is 32.2. The Kier molecular flexibility index (Phi) is 3.49. The highest BCUT2D eigenvalue weighted by Gasteiger charge is 2.01. The lowest BCUT2D eigenvalue weighted by molar-refractivity contribution is 0.322. The van der Waals surface area contributed by atoms with Crippen molar-refractivity contribution in [3.05, 3.63) is 29.8 Å². The molecule has 0 amide bonds. The first-order chi connectivity index (χ1) is 5.74. The molecule has 0 atom stereocenters. The maximum absolute atomic E-state index is 12.6. The number of aliphatic hydroxyl groups excluding tert-OH is 1. The second kappa shape index (κ2) is 4.42. The van der Waals surface area contributed by atoms with Gasteiger partial charge >= 0.3 is 0 Å². The quantitative estimate of drug-likeness (QED) is 0.736. The molecule has 0 aromatic heterocycles. The minimum absolute atomic E-state index is 0.0314. The third kappa shape index (κ3) is 2.46. The second-order valence-electron chi connectivity index (χ2n) is 2.15. The van der Waals surface area contributed by atoms with E-state index in [-0.39, 0.29) is 6.61 Å². The lowest BCUT2D eigenvalue weighted by atomic mass is 10.3. The van der Waals surface area contributed by atoms with Crippen LogP contribution in [-0.2, 0) is 0 Å². The Balaban J connectivity index is 2.69. The van der Waals surface area contributed by atoms with Crippen LogP contribution in [0.5, 0.6) is 0 Å². The molecule has 1 N–H and O–H groups in total. The van der Waals surface area contributed by atoms with Crippen LogP contribution in [0.2, 0.25) is 0 Å². The van der Waals surface area contributed by atoms with Gasteiger partial charge in [-0.25, -0.2) is 8.78 Å². The summed E-state index contributed by atoms with van der Waals surface area (Å²) in [6.07, 6.45) is 0. The van der Waals surface area contributed by atoms with E-state index in [0.717, 1.165) is 12.1 Å². The molecule has 0 unspecified atom stereocenters. The zero-order valence-electron chi connectivity index (χ0n) is 6.26. The Hall–Kier alpha value is -0.610. The predicted octanol–water partition coefficient (Wildman–Crippen LogP) is 2.05. The van der Waals surface area contributed by atoms with Crippen molar-refractivity contribution in [1.29, 1.82) is 0 Å². The Morgan fingerprint density at radius 2 is 2.00 bits per heavy atom. The summed E-state index contributed by atoms with van der Waals surface area (Å²) in [4.78, 5) is 0.628. The molecule has 0 spiro atoms. The lowest BCUT2D eigenvalue weighted by Crippen LogP contribution is -1.87. The van der Waals surface area contributed by atoms with Gasteiger partial charge in [0.15, 0.2) is 11.6 Å². The molecular weight excluding hydrogens is 182 g/mol. The van der Waals surface area contributed by atoms with E-state index in [1.54, 1.807) is 0 Å². The number of hydrogen-bond donors (Lipinski definition) is 1. The summed E-state index contributed by atoms with van der Waals surface area (Å²) in [5.74, 6) is -1.20. The molecule has 0 aliphatic rings. The van der Waals surface area contributed by atoms with Crippen molar-refractivity contribution < 1.29 is 13.9 Å². The van der Waals surface area contributed by atoms with Crippen LogP contribution in [0.3, 0.4) is 0 Å². The summed E-state index contributed by atoms with van der Waals surface area (Å²) in [5, 5.41) is 8.46. The number of aliphatic hydroxyl groups is 1. The third-order valence-electron chi connectivity index (χ3n) is 1.25. The van der Waals surface area contributed by atoms with E-state index in [4.69, 9.17) is 5.11 Å². The van der Waals surface area contributed by atoms with Gasteiger partial charge in [0.25, 0.3) is 0 Å².